The van der Waals surface area contributed by atoms with Crippen LogP contribution in [0.3, 0.4) is 0 Å². The molecule has 98 valence electrons. The summed E-state index contributed by atoms with van der Waals surface area (Å²) >= 11 is 1.61. The van der Waals surface area contributed by atoms with Gasteiger partial charge in [0.05, 0.1) is 0 Å². The van der Waals surface area contributed by atoms with Gasteiger partial charge in [0, 0.05) is 19.4 Å². The van der Waals surface area contributed by atoms with E-state index in [9.17, 15) is 0 Å². The molecule has 0 aromatic carbocycles. The van der Waals surface area contributed by atoms with Gasteiger partial charge in [0.1, 0.15) is 10.8 Å². The Bertz CT molecular complexity index is 478. The summed E-state index contributed by atoms with van der Waals surface area (Å²) in [7, 11) is 0. The van der Waals surface area contributed by atoms with E-state index in [4.69, 9.17) is 4.42 Å². The van der Waals surface area contributed by atoms with Gasteiger partial charge < -0.3 is 9.73 Å². The SMILES string of the molecule is CCCNCCc1nnc(-c2ccc(CC)o2)s1. The number of hydrogen-bond acceptors (Lipinski definition) is 5. The summed E-state index contributed by atoms with van der Waals surface area (Å²) in [5, 5.41) is 13.7. The topological polar surface area (TPSA) is 51.0 Å². The average molecular weight is 265 g/mol. The van der Waals surface area contributed by atoms with E-state index in [-0.39, 0.29) is 0 Å². The molecule has 5 heteroatoms. The second-order valence-corrected chi connectivity index (χ2v) is 5.18. The molecule has 0 bridgehead atoms. The molecule has 2 aromatic heterocycles. The Labute approximate surface area is 111 Å². The molecule has 0 radical (unpaired) electrons. The number of hydrogen-bond donors (Lipinski definition) is 1. The number of rotatable bonds is 7. The van der Waals surface area contributed by atoms with Crippen molar-refractivity contribution in [3.05, 3.63) is 22.9 Å². The summed E-state index contributed by atoms with van der Waals surface area (Å²) in [5.74, 6) is 1.82. The summed E-state index contributed by atoms with van der Waals surface area (Å²) in [6.07, 6.45) is 3.00. The number of nitrogens with one attached hydrogen (secondary N) is 1. The van der Waals surface area contributed by atoms with Crippen molar-refractivity contribution in [2.24, 2.45) is 0 Å². The Morgan fingerprint density at radius 3 is 2.83 bits per heavy atom. The van der Waals surface area contributed by atoms with Crippen molar-refractivity contribution < 1.29 is 4.42 Å². The third-order valence-corrected chi connectivity index (χ3v) is 3.63. The molecule has 2 rings (SSSR count). The highest BCUT2D eigenvalue weighted by Gasteiger charge is 2.10. The fourth-order valence-electron chi connectivity index (χ4n) is 1.63. The monoisotopic (exact) mass is 265 g/mol. The summed E-state index contributed by atoms with van der Waals surface area (Å²) in [6.45, 7) is 6.26. The van der Waals surface area contributed by atoms with Gasteiger partial charge in [-0.2, -0.15) is 0 Å². The highest BCUT2D eigenvalue weighted by Crippen LogP contribution is 2.25. The van der Waals surface area contributed by atoms with Crippen molar-refractivity contribution in [1.29, 1.82) is 0 Å². The molecule has 0 fully saturated rings. The minimum Gasteiger partial charge on any atom is -0.459 e. The van der Waals surface area contributed by atoms with E-state index in [1.165, 1.54) is 0 Å². The second kappa shape index (κ2) is 6.66. The molecule has 2 aromatic rings. The fraction of sp³-hybridized carbons (Fsp3) is 0.538. The molecule has 1 N–H and O–H groups in total. The molecular weight excluding hydrogens is 246 g/mol. The molecule has 0 amide bonds. The number of furan rings is 1. The van der Waals surface area contributed by atoms with E-state index in [2.05, 4.69) is 29.4 Å². The van der Waals surface area contributed by atoms with Crippen LogP contribution < -0.4 is 5.32 Å². The highest BCUT2D eigenvalue weighted by molar-refractivity contribution is 7.14. The lowest BCUT2D eigenvalue weighted by atomic mass is 10.4. The summed E-state index contributed by atoms with van der Waals surface area (Å²) in [5.41, 5.74) is 0. The molecule has 0 atom stereocenters. The maximum atomic E-state index is 5.67. The number of aryl methyl sites for hydroxylation is 1. The summed E-state index contributed by atoms with van der Waals surface area (Å²) in [6, 6.07) is 3.97. The quantitative estimate of drug-likeness (QED) is 0.782. The first-order valence-electron chi connectivity index (χ1n) is 6.45. The van der Waals surface area contributed by atoms with Crippen LogP contribution in [-0.2, 0) is 12.8 Å². The largest absolute Gasteiger partial charge is 0.459 e. The predicted molar refractivity (Wildman–Crippen MR) is 73.9 cm³/mol. The van der Waals surface area contributed by atoms with Gasteiger partial charge in [-0.05, 0) is 25.1 Å². The highest BCUT2D eigenvalue weighted by atomic mass is 32.1. The van der Waals surface area contributed by atoms with Crippen molar-refractivity contribution in [3.8, 4) is 10.8 Å². The number of nitrogens with zero attached hydrogens (tertiary/aromatic N) is 2. The van der Waals surface area contributed by atoms with Gasteiger partial charge in [-0.3, -0.25) is 0 Å². The van der Waals surface area contributed by atoms with Gasteiger partial charge in [0.2, 0.25) is 0 Å². The van der Waals surface area contributed by atoms with Crippen LogP contribution in [0.5, 0.6) is 0 Å². The van der Waals surface area contributed by atoms with E-state index >= 15 is 0 Å². The van der Waals surface area contributed by atoms with Gasteiger partial charge in [-0.1, -0.05) is 25.2 Å². The molecule has 0 spiro atoms. The van der Waals surface area contributed by atoms with E-state index in [0.29, 0.717) is 0 Å². The van der Waals surface area contributed by atoms with Gasteiger partial charge in [0.25, 0.3) is 0 Å². The zero-order chi connectivity index (χ0) is 12.8. The minimum absolute atomic E-state index is 0.831. The van der Waals surface area contributed by atoms with Crippen LogP contribution in [0.2, 0.25) is 0 Å². The van der Waals surface area contributed by atoms with Crippen LogP contribution in [0.1, 0.15) is 31.0 Å². The van der Waals surface area contributed by atoms with Crippen molar-refractivity contribution in [3.63, 3.8) is 0 Å². The van der Waals surface area contributed by atoms with Gasteiger partial charge in [0.15, 0.2) is 10.8 Å². The molecular formula is C13H19N3OS. The summed E-state index contributed by atoms with van der Waals surface area (Å²) in [4.78, 5) is 0. The minimum atomic E-state index is 0.831. The zero-order valence-corrected chi connectivity index (χ0v) is 11.7. The number of aromatic nitrogens is 2. The fourth-order valence-corrected chi connectivity index (χ4v) is 2.44. The van der Waals surface area contributed by atoms with Gasteiger partial charge in [-0.15, -0.1) is 10.2 Å². The average Bonchev–Trinajstić information content (AvgIpc) is 3.03. The molecule has 0 aliphatic rings. The molecule has 0 saturated carbocycles. The molecule has 2 heterocycles. The summed E-state index contributed by atoms with van der Waals surface area (Å²) < 4.78 is 5.67. The standard InChI is InChI=1S/C13H19N3OS/c1-3-8-14-9-7-12-15-16-13(18-12)11-6-5-10(4-2)17-11/h5-6,14H,3-4,7-9H2,1-2H3. The molecule has 0 aliphatic carbocycles. The van der Waals surface area contributed by atoms with E-state index in [1.54, 1.807) is 11.3 Å². The Balaban J connectivity index is 1.93. The third-order valence-electron chi connectivity index (χ3n) is 2.63. The zero-order valence-electron chi connectivity index (χ0n) is 10.9. The first-order chi connectivity index (χ1) is 8.83. The molecule has 4 nitrogen and oxygen atoms in total. The Morgan fingerprint density at radius 1 is 1.22 bits per heavy atom. The maximum Gasteiger partial charge on any atom is 0.183 e. The first-order valence-corrected chi connectivity index (χ1v) is 7.27. The molecule has 0 saturated heterocycles. The van der Waals surface area contributed by atoms with Crippen LogP contribution in [0.15, 0.2) is 16.5 Å². The second-order valence-electron chi connectivity index (χ2n) is 4.12. The van der Waals surface area contributed by atoms with E-state index in [1.807, 2.05) is 12.1 Å². The third kappa shape index (κ3) is 3.40. The lowest BCUT2D eigenvalue weighted by Gasteiger charge is -1.98. The van der Waals surface area contributed by atoms with Crippen molar-refractivity contribution >= 4 is 11.3 Å². The molecule has 0 aliphatic heterocycles. The normalized spacial score (nSPS) is 11.0. The molecule has 0 unspecified atom stereocenters. The van der Waals surface area contributed by atoms with Gasteiger partial charge in [-0.25, -0.2) is 0 Å². The smallest absolute Gasteiger partial charge is 0.183 e. The van der Waals surface area contributed by atoms with Crippen LogP contribution in [-0.4, -0.2) is 23.3 Å². The lowest BCUT2D eigenvalue weighted by molar-refractivity contribution is 0.528. The van der Waals surface area contributed by atoms with Crippen molar-refractivity contribution in [2.75, 3.05) is 13.1 Å². The van der Waals surface area contributed by atoms with Crippen LogP contribution in [0.25, 0.3) is 10.8 Å². The van der Waals surface area contributed by atoms with Crippen molar-refractivity contribution in [1.82, 2.24) is 15.5 Å². The Hall–Kier alpha value is -1.20. The van der Waals surface area contributed by atoms with E-state index < -0.39 is 0 Å². The molecule has 18 heavy (non-hydrogen) atoms. The van der Waals surface area contributed by atoms with Crippen LogP contribution in [0.4, 0.5) is 0 Å². The Morgan fingerprint density at radius 2 is 2.11 bits per heavy atom. The first kappa shape index (κ1) is 13.2. The maximum absolute atomic E-state index is 5.67. The van der Waals surface area contributed by atoms with Crippen LogP contribution in [0, 0.1) is 0 Å². The van der Waals surface area contributed by atoms with Gasteiger partial charge >= 0.3 is 0 Å². The Kier molecular flexibility index (Phi) is 4.90. The van der Waals surface area contributed by atoms with Crippen LogP contribution >= 0.6 is 11.3 Å². The van der Waals surface area contributed by atoms with Crippen molar-refractivity contribution in [2.45, 2.75) is 33.1 Å². The predicted octanol–water partition coefficient (Wildman–Crippen LogP) is 2.90. The van der Waals surface area contributed by atoms with E-state index in [0.717, 1.165) is 53.9 Å². The lowest BCUT2D eigenvalue weighted by Crippen LogP contribution is -2.17.